The maximum Gasteiger partial charge on any atom is 0.132 e. The van der Waals surface area contributed by atoms with Crippen molar-refractivity contribution < 1.29 is 4.39 Å². The van der Waals surface area contributed by atoms with Gasteiger partial charge in [-0.05, 0) is 35.2 Å². The maximum atomic E-state index is 14.7. The molecule has 0 amide bonds. The zero-order valence-electron chi connectivity index (χ0n) is 17.7. The molecule has 2 bridgehead atoms. The summed E-state index contributed by atoms with van der Waals surface area (Å²) >= 11 is 0. The van der Waals surface area contributed by atoms with E-state index in [0.29, 0.717) is 17.6 Å². The lowest BCUT2D eigenvalue weighted by atomic mass is 9.92. The van der Waals surface area contributed by atoms with Crippen LogP contribution in [0.5, 0.6) is 0 Å². The summed E-state index contributed by atoms with van der Waals surface area (Å²) in [5, 5.41) is 11.0. The van der Waals surface area contributed by atoms with Gasteiger partial charge in [-0.1, -0.05) is 66.7 Å². The van der Waals surface area contributed by atoms with Crippen molar-refractivity contribution in [1.82, 2.24) is 20.4 Å². The van der Waals surface area contributed by atoms with Crippen molar-refractivity contribution in [2.75, 3.05) is 13.1 Å². The van der Waals surface area contributed by atoms with Crippen molar-refractivity contribution in [2.24, 2.45) is 0 Å². The highest BCUT2D eigenvalue weighted by Gasteiger charge is 2.42. The second-order valence-corrected chi connectivity index (χ2v) is 8.76. The number of halogens is 1. The van der Waals surface area contributed by atoms with Gasteiger partial charge >= 0.3 is 0 Å². The van der Waals surface area contributed by atoms with Gasteiger partial charge in [-0.15, -0.1) is 0 Å². The topological polar surface area (TPSA) is 44.0 Å². The number of hydrogen-bond donors (Lipinski definition) is 2. The molecule has 3 aromatic carbocycles. The van der Waals surface area contributed by atoms with E-state index < -0.39 is 0 Å². The fraction of sp³-hybridized carbons (Fsp3) is 0.222. The molecule has 3 atom stereocenters. The van der Waals surface area contributed by atoms with E-state index in [1.54, 1.807) is 6.07 Å². The van der Waals surface area contributed by atoms with Crippen LogP contribution >= 0.6 is 0 Å². The number of aromatic nitrogens is 2. The van der Waals surface area contributed by atoms with Crippen LogP contribution in [-0.4, -0.2) is 40.3 Å². The lowest BCUT2D eigenvalue weighted by molar-refractivity contribution is 0.184. The van der Waals surface area contributed by atoms with E-state index in [2.05, 4.69) is 68.9 Å². The molecule has 6 rings (SSSR count). The van der Waals surface area contributed by atoms with Crippen LogP contribution in [0.4, 0.5) is 4.39 Å². The Bertz CT molecular complexity index is 1220. The van der Waals surface area contributed by atoms with E-state index in [1.807, 2.05) is 24.4 Å². The smallest absolute Gasteiger partial charge is 0.132 e. The van der Waals surface area contributed by atoms with Crippen molar-refractivity contribution in [3.05, 3.63) is 102 Å². The number of piperazine rings is 1. The minimum atomic E-state index is -0.235. The van der Waals surface area contributed by atoms with E-state index in [0.717, 1.165) is 30.8 Å². The lowest BCUT2D eigenvalue weighted by Crippen LogP contribution is -2.45. The molecule has 5 heteroatoms. The van der Waals surface area contributed by atoms with Crippen LogP contribution in [0.25, 0.3) is 22.4 Å². The van der Waals surface area contributed by atoms with Gasteiger partial charge < -0.3 is 5.32 Å². The standard InChI is InChI=1S/C27H25FN4/c28-25-9-5-4-8-23(25)26-24(16-30-31-26)27(32-17-21-14-22(32)15-29-21)20-12-10-19(11-13-20)18-6-2-1-3-7-18/h1-13,16,21-22,27,29H,14-15,17H2,(H,30,31). The van der Waals surface area contributed by atoms with Gasteiger partial charge in [0.2, 0.25) is 0 Å². The van der Waals surface area contributed by atoms with Crippen LogP contribution in [0.15, 0.2) is 85.1 Å². The second-order valence-electron chi connectivity index (χ2n) is 8.76. The third-order valence-corrected chi connectivity index (χ3v) is 6.87. The summed E-state index contributed by atoms with van der Waals surface area (Å²) in [6, 6.07) is 27.1. The van der Waals surface area contributed by atoms with Crippen molar-refractivity contribution in [1.29, 1.82) is 0 Å². The van der Waals surface area contributed by atoms with Gasteiger partial charge in [0.15, 0.2) is 0 Å². The van der Waals surface area contributed by atoms with Gasteiger partial charge in [0.1, 0.15) is 5.82 Å². The number of benzene rings is 3. The van der Waals surface area contributed by atoms with Crippen molar-refractivity contribution in [3.8, 4) is 22.4 Å². The first-order valence-electron chi connectivity index (χ1n) is 11.2. The summed E-state index contributed by atoms with van der Waals surface area (Å²) in [5.41, 5.74) is 5.95. The predicted octanol–water partition coefficient (Wildman–Crippen LogP) is 5.02. The molecule has 3 heterocycles. The van der Waals surface area contributed by atoms with E-state index in [9.17, 15) is 4.39 Å². The third-order valence-electron chi connectivity index (χ3n) is 6.87. The Morgan fingerprint density at radius 2 is 1.66 bits per heavy atom. The average Bonchev–Trinajstić information content (AvgIpc) is 3.59. The molecule has 0 saturated carbocycles. The summed E-state index contributed by atoms with van der Waals surface area (Å²) in [6.45, 7) is 1.98. The molecule has 0 spiro atoms. The summed E-state index contributed by atoms with van der Waals surface area (Å²) in [7, 11) is 0. The van der Waals surface area contributed by atoms with Crippen LogP contribution in [0.2, 0.25) is 0 Å². The van der Waals surface area contributed by atoms with Crippen molar-refractivity contribution in [2.45, 2.75) is 24.5 Å². The first kappa shape index (κ1) is 19.4. The lowest BCUT2D eigenvalue weighted by Gasteiger charge is -2.35. The molecule has 2 fully saturated rings. The Balaban J connectivity index is 1.44. The van der Waals surface area contributed by atoms with Crippen molar-refractivity contribution in [3.63, 3.8) is 0 Å². The van der Waals surface area contributed by atoms with E-state index >= 15 is 0 Å². The number of likely N-dealkylation sites (tertiary alicyclic amines) is 1. The van der Waals surface area contributed by atoms with Crippen LogP contribution < -0.4 is 5.32 Å². The highest BCUT2D eigenvalue weighted by molar-refractivity contribution is 5.66. The van der Waals surface area contributed by atoms with Crippen molar-refractivity contribution >= 4 is 0 Å². The quantitative estimate of drug-likeness (QED) is 0.473. The molecule has 4 aromatic rings. The predicted molar refractivity (Wildman–Crippen MR) is 125 cm³/mol. The minimum absolute atomic E-state index is 0.0188. The van der Waals surface area contributed by atoms with Crippen LogP contribution in [0.3, 0.4) is 0 Å². The number of hydrogen-bond acceptors (Lipinski definition) is 3. The number of aromatic amines is 1. The molecule has 2 N–H and O–H groups in total. The molecule has 0 aliphatic carbocycles. The SMILES string of the molecule is Fc1ccccc1-c1[nH]ncc1C(c1ccc(-c2ccccc2)cc1)N1CC2CC1CN2. The molecule has 32 heavy (non-hydrogen) atoms. The summed E-state index contributed by atoms with van der Waals surface area (Å²) in [6.07, 6.45) is 3.03. The summed E-state index contributed by atoms with van der Waals surface area (Å²) in [5.74, 6) is -0.235. The van der Waals surface area contributed by atoms with Gasteiger partial charge in [-0.3, -0.25) is 10.00 Å². The monoisotopic (exact) mass is 424 g/mol. The second kappa shape index (κ2) is 8.01. The molecule has 3 unspecified atom stereocenters. The maximum absolute atomic E-state index is 14.7. The third kappa shape index (κ3) is 3.34. The van der Waals surface area contributed by atoms with Gasteiger partial charge in [-0.25, -0.2) is 4.39 Å². The number of nitrogens with one attached hydrogen (secondary N) is 2. The molecular weight excluding hydrogens is 399 g/mol. The van der Waals surface area contributed by atoms with Crippen LogP contribution in [-0.2, 0) is 0 Å². The summed E-state index contributed by atoms with van der Waals surface area (Å²) < 4.78 is 14.7. The number of fused-ring (bicyclic) bond motifs is 2. The highest BCUT2D eigenvalue weighted by Crippen LogP contribution is 2.40. The first-order valence-corrected chi connectivity index (χ1v) is 11.2. The molecule has 1 aromatic heterocycles. The Morgan fingerprint density at radius 3 is 2.38 bits per heavy atom. The van der Waals surface area contributed by atoms with Gasteiger partial charge in [0.25, 0.3) is 0 Å². The molecule has 2 aliphatic heterocycles. The fourth-order valence-corrected chi connectivity index (χ4v) is 5.33. The average molecular weight is 425 g/mol. The number of rotatable bonds is 5. The Hall–Kier alpha value is -3.28. The van der Waals surface area contributed by atoms with Gasteiger partial charge in [0.05, 0.1) is 17.9 Å². The molecule has 160 valence electrons. The zero-order valence-corrected chi connectivity index (χ0v) is 17.7. The number of nitrogens with zero attached hydrogens (tertiary/aromatic N) is 2. The molecular formula is C27H25FN4. The van der Waals surface area contributed by atoms with E-state index in [4.69, 9.17) is 0 Å². The van der Waals surface area contributed by atoms with Crippen LogP contribution in [0.1, 0.15) is 23.6 Å². The largest absolute Gasteiger partial charge is 0.311 e. The normalized spacial score (nSPS) is 21.2. The van der Waals surface area contributed by atoms with Crippen LogP contribution in [0, 0.1) is 5.82 Å². The molecule has 0 radical (unpaired) electrons. The van der Waals surface area contributed by atoms with Gasteiger partial charge in [-0.2, -0.15) is 5.10 Å². The fourth-order valence-electron chi connectivity index (χ4n) is 5.33. The van der Waals surface area contributed by atoms with E-state index in [1.165, 1.54) is 22.8 Å². The first-order chi connectivity index (χ1) is 15.8. The van der Waals surface area contributed by atoms with E-state index in [-0.39, 0.29) is 11.9 Å². The Kier molecular flexibility index (Phi) is 4.86. The number of H-pyrrole nitrogens is 1. The Labute approximate surface area is 187 Å². The zero-order chi connectivity index (χ0) is 21.5. The highest BCUT2D eigenvalue weighted by atomic mass is 19.1. The molecule has 4 nitrogen and oxygen atoms in total. The minimum Gasteiger partial charge on any atom is -0.311 e. The van der Waals surface area contributed by atoms with Gasteiger partial charge in [0, 0.05) is 36.3 Å². The molecule has 2 saturated heterocycles. The molecule has 2 aliphatic rings. The summed E-state index contributed by atoms with van der Waals surface area (Å²) in [4.78, 5) is 2.56. The Morgan fingerprint density at radius 1 is 0.906 bits per heavy atom.